The Bertz CT molecular complexity index is 1320. The van der Waals surface area contributed by atoms with E-state index >= 15 is 0 Å². The summed E-state index contributed by atoms with van der Waals surface area (Å²) < 4.78 is 47.0. The highest BCUT2D eigenvalue weighted by molar-refractivity contribution is 5.62. The second kappa shape index (κ2) is 18.7. The van der Waals surface area contributed by atoms with Gasteiger partial charge in [-0.1, -0.05) is 78.1 Å². The fourth-order valence-corrected chi connectivity index (χ4v) is 5.02. The fourth-order valence-electron chi connectivity index (χ4n) is 5.02. The highest BCUT2D eigenvalue weighted by Crippen LogP contribution is 2.30. The zero-order valence-corrected chi connectivity index (χ0v) is 26.7. The molecule has 2 heterocycles. The normalized spacial score (nSPS) is 11.0. The Hall–Kier alpha value is -4.00. The summed E-state index contributed by atoms with van der Waals surface area (Å²) in [4.78, 5) is 8.08. The predicted octanol–water partition coefficient (Wildman–Crippen LogP) is 11.4. The third-order valence-electron chi connectivity index (χ3n) is 7.68. The van der Waals surface area contributed by atoms with Crippen LogP contribution in [0.3, 0.4) is 0 Å². The molecular formula is C38H46F2N2O3. The van der Waals surface area contributed by atoms with E-state index in [9.17, 15) is 8.78 Å². The second-order valence-electron chi connectivity index (χ2n) is 11.4. The first-order valence-corrected chi connectivity index (χ1v) is 16.5. The summed E-state index contributed by atoms with van der Waals surface area (Å²) in [7, 11) is 0. The predicted molar refractivity (Wildman–Crippen MR) is 177 cm³/mol. The number of nitrogens with zero attached hydrogens (tertiary/aromatic N) is 2. The van der Waals surface area contributed by atoms with Crippen molar-refractivity contribution >= 4 is 0 Å². The van der Waals surface area contributed by atoms with Crippen LogP contribution in [0.15, 0.2) is 72.8 Å². The van der Waals surface area contributed by atoms with Gasteiger partial charge in [0.2, 0.25) is 0 Å². The first kappa shape index (κ1) is 33.9. The fraction of sp³-hybridized carbons (Fsp3) is 0.421. The second-order valence-corrected chi connectivity index (χ2v) is 11.4. The van der Waals surface area contributed by atoms with E-state index in [1.807, 2.05) is 48.5 Å². The Morgan fingerprint density at radius 2 is 0.844 bits per heavy atom. The van der Waals surface area contributed by atoms with Gasteiger partial charge in [-0.25, -0.2) is 9.97 Å². The van der Waals surface area contributed by atoms with Crippen molar-refractivity contribution < 1.29 is 23.0 Å². The molecule has 0 N–H and O–H groups in total. The van der Waals surface area contributed by atoms with Gasteiger partial charge in [-0.2, -0.15) is 8.78 Å². The van der Waals surface area contributed by atoms with E-state index in [-0.39, 0.29) is 11.5 Å². The van der Waals surface area contributed by atoms with Gasteiger partial charge in [0.1, 0.15) is 11.5 Å². The molecule has 0 unspecified atom stereocenters. The van der Waals surface area contributed by atoms with Gasteiger partial charge in [-0.05, 0) is 85.6 Å². The number of ether oxygens (including phenoxy) is 3. The lowest BCUT2D eigenvalue weighted by Gasteiger charge is -2.10. The molecule has 2 aromatic heterocycles. The molecule has 0 radical (unpaired) electrons. The van der Waals surface area contributed by atoms with Gasteiger partial charge in [0.25, 0.3) is 11.9 Å². The molecule has 0 saturated heterocycles. The smallest absolute Gasteiger partial charge is 0.256 e. The van der Waals surface area contributed by atoms with E-state index in [1.165, 1.54) is 76.3 Å². The molecule has 2 aromatic carbocycles. The van der Waals surface area contributed by atoms with Crippen LogP contribution in [0.1, 0.15) is 90.9 Å². The van der Waals surface area contributed by atoms with E-state index in [4.69, 9.17) is 14.2 Å². The monoisotopic (exact) mass is 616 g/mol. The number of hydrogen-bond donors (Lipinski definition) is 0. The van der Waals surface area contributed by atoms with Crippen LogP contribution >= 0.6 is 0 Å². The van der Waals surface area contributed by atoms with Gasteiger partial charge in [-0.3, -0.25) is 0 Å². The molecule has 4 aromatic rings. The molecule has 0 amide bonds. The summed E-state index contributed by atoms with van der Waals surface area (Å²) in [6.45, 7) is 5.78. The van der Waals surface area contributed by atoms with Gasteiger partial charge in [0.05, 0.1) is 24.6 Å². The summed E-state index contributed by atoms with van der Waals surface area (Å²) in [6.07, 6.45) is 14.5. The third kappa shape index (κ3) is 11.1. The summed E-state index contributed by atoms with van der Waals surface area (Å²) in [5, 5.41) is 0. The van der Waals surface area contributed by atoms with Crippen LogP contribution in [0.5, 0.6) is 23.0 Å². The molecular weight excluding hydrogens is 570 g/mol. The third-order valence-corrected chi connectivity index (χ3v) is 7.68. The van der Waals surface area contributed by atoms with Gasteiger partial charge in [0, 0.05) is 11.1 Å². The van der Waals surface area contributed by atoms with Gasteiger partial charge < -0.3 is 14.2 Å². The molecule has 0 aliphatic rings. The average Bonchev–Trinajstić information content (AvgIpc) is 3.06. The van der Waals surface area contributed by atoms with Crippen LogP contribution in [0.4, 0.5) is 8.78 Å². The molecule has 0 atom stereocenters. The molecule has 5 nitrogen and oxygen atoms in total. The molecule has 0 aliphatic carbocycles. The van der Waals surface area contributed by atoms with Crippen molar-refractivity contribution in [3.63, 3.8) is 0 Å². The summed E-state index contributed by atoms with van der Waals surface area (Å²) >= 11 is 0. The summed E-state index contributed by atoms with van der Waals surface area (Å²) in [5.41, 5.74) is 2.36. The lowest BCUT2D eigenvalue weighted by atomic mass is 10.1. The Morgan fingerprint density at radius 1 is 0.467 bits per heavy atom. The first-order valence-electron chi connectivity index (χ1n) is 16.5. The average molecular weight is 617 g/mol. The number of rotatable bonds is 20. The van der Waals surface area contributed by atoms with Gasteiger partial charge >= 0.3 is 0 Å². The number of halogens is 2. The number of unbranched alkanes of at least 4 members (excludes halogenated alkanes) is 10. The molecule has 0 fully saturated rings. The summed E-state index contributed by atoms with van der Waals surface area (Å²) in [5.74, 6) is -0.499. The van der Waals surface area contributed by atoms with Crippen molar-refractivity contribution in [2.75, 3.05) is 13.2 Å². The summed E-state index contributed by atoms with van der Waals surface area (Å²) in [6, 6.07) is 21.0. The van der Waals surface area contributed by atoms with E-state index in [1.54, 1.807) is 12.1 Å². The van der Waals surface area contributed by atoms with Crippen molar-refractivity contribution in [2.45, 2.75) is 90.9 Å². The van der Waals surface area contributed by atoms with Crippen LogP contribution in [0.2, 0.25) is 0 Å². The number of hydrogen-bond acceptors (Lipinski definition) is 5. The number of aromatic nitrogens is 2. The van der Waals surface area contributed by atoms with Crippen LogP contribution in [0, 0.1) is 11.9 Å². The van der Waals surface area contributed by atoms with Crippen LogP contribution < -0.4 is 14.2 Å². The van der Waals surface area contributed by atoms with E-state index < -0.39 is 11.9 Å². The van der Waals surface area contributed by atoms with E-state index in [2.05, 4.69) is 23.8 Å². The lowest BCUT2D eigenvalue weighted by Crippen LogP contribution is -1.99. The van der Waals surface area contributed by atoms with Crippen LogP contribution in [-0.2, 0) is 0 Å². The molecule has 0 aliphatic heterocycles. The minimum absolute atomic E-state index is 0.182. The Kier molecular flexibility index (Phi) is 14.1. The Labute approximate surface area is 267 Å². The lowest BCUT2D eigenvalue weighted by molar-refractivity contribution is 0.304. The maximum Gasteiger partial charge on any atom is 0.256 e. The minimum atomic E-state index is -0.837. The molecule has 240 valence electrons. The van der Waals surface area contributed by atoms with E-state index in [0.717, 1.165) is 35.5 Å². The largest absolute Gasteiger partial charge is 0.494 e. The molecule has 45 heavy (non-hydrogen) atoms. The Balaban J connectivity index is 1.27. The molecule has 0 bridgehead atoms. The molecule has 0 saturated carbocycles. The molecule has 7 heteroatoms. The highest BCUT2D eigenvalue weighted by atomic mass is 19.1. The van der Waals surface area contributed by atoms with Crippen molar-refractivity contribution in [1.29, 1.82) is 0 Å². The molecule has 4 rings (SSSR count). The van der Waals surface area contributed by atoms with Gasteiger partial charge in [-0.15, -0.1) is 0 Å². The van der Waals surface area contributed by atoms with Crippen LogP contribution in [-0.4, -0.2) is 23.2 Å². The zero-order valence-electron chi connectivity index (χ0n) is 26.7. The maximum atomic E-state index is 14.9. The van der Waals surface area contributed by atoms with Crippen molar-refractivity contribution in [3.05, 3.63) is 84.7 Å². The highest BCUT2D eigenvalue weighted by Gasteiger charge is 2.14. The quantitative estimate of drug-likeness (QED) is 0.0730. The van der Waals surface area contributed by atoms with Crippen molar-refractivity contribution in [2.24, 2.45) is 0 Å². The van der Waals surface area contributed by atoms with Crippen LogP contribution in [0.25, 0.3) is 22.5 Å². The minimum Gasteiger partial charge on any atom is -0.494 e. The topological polar surface area (TPSA) is 53.5 Å². The number of pyridine rings is 2. The van der Waals surface area contributed by atoms with Crippen molar-refractivity contribution in [1.82, 2.24) is 9.97 Å². The maximum absolute atomic E-state index is 14.9. The first-order chi connectivity index (χ1) is 22.1. The number of benzene rings is 2. The van der Waals surface area contributed by atoms with Crippen molar-refractivity contribution in [3.8, 4) is 45.5 Å². The Morgan fingerprint density at radius 3 is 1.22 bits per heavy atom. The zero-order chi connectivity index (χ0) is 31.7. The standard InChI is InChI=1S/C38H46F2N2O3/c1-3-5-7-9-11-13-27-43-31-19-15-29(16-20-31)33-23-25-35(37(39)41-33)45-36-26-24-34(42-38(36)40)30-17-21-32(22-18-30)44-28-14-12-10-8-6-4-2/h15-26H,3-14,27-28H2,1-2H3. The van der Waals surface area contributed by atoms with Gasteiger partial charge in [0.15, 0.2) is 11.5 Å². The molecule has 0 spiro atoms. The van der Waals surface area contributed by atoms with E-state index in [0.29, 0.717) is 24.6 Å². The SMILES string of the molecule is CCCCCCCCOc1ccc(-c2ccc(Oc3ccc(-c4ccc(OCCCCCCCC)cc4)nc3F)c(F)n2)cc1.